The van der Waals surface area contributed by atoms with E-state index < -0.39 is 15.8 Å². The summed E-state index contributed by atoms with van der Waals surface area (Å²) in [5.41, 5.74) is 0.443. The molecule has 0 aromatic heterocycles. The molecule has 0 saturated heterocycles. The van der Waals surface area contributed by atoms with E-state index in [0.717, 1.165) is 6.26 Å². The topological polar surface area (TPSA) is 78.9 Å². The zero-order valence-electron chi connectivity index (χ0n) is 13.4. The van der Waals surface area contributed by atoms with Crippen LogP contribution in [0.1, 0.15) is 10.4 Å². The summed E-state index contributed by atoms with van der Waals surface area (Å²) in [5.74, 6) is 0.648. The third-order valence-electron chi connectivity index (χ3n) is 3.13. The van der Waals surface area contributed by atoms with E-state index in [1.165, 1.54) is 19.2 Å². The number of ether oxygens (including phenoxy) is 3. The summed E-state index contributed by atoms with van der Waals surface area (Å²) in [7, 11) is -1.94. The Bertz CT molecular complexity index is 796. The molecule has 24 heavy (non-hydrogen) atoms. The molecule has 0 aliphatic heterocycles. The number of hydrogen-bond donors (Lipinski definition) is 0. The number of carbonyl (C=O) groups is 1. The number of esters is 1. The van der Waals surface area contributed by atoms with Gasteiger partial charge >= 0.3 is 5.97 Å². The van der Waals surface area contributed by atoms with Crippen LogP contribution in [0.2, 0.25) is 0 Å². The Balaban J connectivity index is 1.84. The maximum atomic E-state index is 11.5. The molecule has 0 unspecified atom stereocenters. The maximum absolute atomic E-state index is 11.5. The first kappa shape index (κ1) is 17.8. The molecule has 128 valence electrons. The molecule has 2 aromatic carbocycles. The maximum Gasteiger partial charge on any atom is 0.337 e. The lowest BCUT2D eigenvalue weighted by Crippen LogP contribution is -2.09. The van der Waals surface area contributed by atoms with Gasteiger partial charge in [-0.2, -0.15) is 0 Å². The summed E-state index contributed by atoms with van der Waals surface area (Å²) >= 11 is 0. The van der Waals surface area contributed by atoms with Gasteiger partial charge in [0.2, 0.25) is 0 Å². The van der Waals surface area contributed by atoms with Crippen molar-refractivity contribution in [3.05, 3.63) is 54.1 Å². The van der Waals surface area contributed by atoms with Crippen LogP contribution < -0.4 is 9.47 Å². The van der Waals surface area contributed by atoms with Crippen molar-refractivity contribution in [2.75, 3.05) is 26.6 Å². The van der Waals surface area contributed by atoms with E-state index in [-0.39, 0.29) is 18.1 Å². The molecular formula is C17H18O6S. The van der Waals surface area contributed by atoms with Gasteiger partial charge < -0.3 is 14.2 Å². The smallest absolute Gasteiger partial charge is 0.337 e. The zero-order chi connectivity index (χ0) is 17.6. The van der Waals surface area contributed by atoms with Gasteiger partial charge in [0.1, 0.15) is 24.7 Å². The van der Waals surface area contributed by atoms with Gasteiger partial charge in [-0.25, -0.2) is 13.2 Å². The van der Waals surface area contributed by atoms with Gasteiger partial charge in [-0.1, -0.05) is 6.07 Å². The van der Waals surface area contributed by atoms with Crippen molar-refractivity contribution >= 4 is 15.8 Å². The summed E-state index contributed by atoms with van der Waals surface area (Å²) in [6, 6.07) is 12.8. The quantitative estimate of drug-likeness (QED) is 0.563. The summed E-state index contributed by atoms with van der Waals surface area (Å²) < 4.78 is 38.6. The van der Waals surface area contributed by atoms with E-state index in [4.69, 9.17) is 9.47 Å². The van der Waals surface area contributed by atoms with E-state index >= 15 is 0 Å². The minimum absolute atomic E-state index is 0.208. The fraction of sp³-hybridized carbons (Fsp3) is 0.235. The molecule has 0 saturated carbocycles. The van der Waals surface area contributed by atoms with Gasteiger partial charge in [-0.15, -0.1) is 0 Å². The van der Waals surface area contributed by atoms with Crippen LogP contribution in [-0.2, 0) is 14.6 Å². The lowest BCUT2D eigenvalue weighted by Gasteiger charge is -2.09. The Morgan fingerprint density at radius 1 is 0.958 bits per heavy atom. The van der Waals surface area contributed by atoms with E-state index in [9.17, 15) is 13.2 Å². The monoisotopic (exact) mass is 350 g/mol. The summed E-state index contributed by atoms with van der Waals surface area (Å²) in [6.07, 6.45) is 1.15. The van der Waals surface area contributed by atoms with Crippen molar-refractivity contribution in [3.63, 3.8) is 0 Å². The fourth-order valence-corrected chi connectivity index (χ4v) is 2.57. The fourth-order valence-electron chi connectivity index (χ4n) is 1.92. The van der Waals surface area contributed by atoms with Crippen molar-refractivity contribution in [3.8, 4) is 11.5 Å². The van der Waals surface area contributed by atoms with Gasteiger partial charge in [-0.05, 0) is 42.5 Å². The van der Waals surface area contributed by atoms with E-state index in [1.807, 2.05) is 0 Å². The van der Waals surface area contributed by atoms with Crippen molar-refractivity contribution in [2.45, 2.75) is 4.90 Å². The lowest BCUT2D eigenvalue weighted by atomic mass is 10.2. The third kappa shape index (κ3) is 4.99. The van der Waals surface area contributed by atoms with Crippen LogP contribution >= 0.6 is 0 Å². The Morgan fingerprint density at radius 2 is 1.58 bits per heavy atom. The molecule has 7 heteroatoms. The highest BCUT2D eigenvalue weighted by molar-refractivity contribution is 7.90. The molecule has 0 bridgehead atoms. The number of sulfone groups is 1. The highest BCUT2D eigenvalue weighted by atomic mass is 32.2. The first-order valence-corrected chi connectivity index (χ1v) is 9.03. The van der Waals surface area contributed by atoms with Gasteiger partial charge in [-0.3, -0.25) is 0 Å². The molecule has 2 aromatic rings. The molecule has 0 spiro atoms. The summed E-state index contributed by atoms with van der Waals surface area (Å²) in [6.45, 7) is 0.534. The molecule has 0 amide bonds. The standard InChI is InChI=1S/C17H18O6S/c1-21-17(18)13-6-8-14(9-7-13)22-10-11-23-15-4-3-5-16(12-15)24(2,19)20/h3-9,12H,10-11H2,1-2H3. The van der Waals surface area contributed by atoms with E-state index in [0.29, 0.717) is 17.1 Å². The van der Waals surface area contributed by atoms with Crippen LogP contribution in [0.15, 0.2) is 53.4 Å². The minimum atomic E-state index is -3.26. The average molecular weight is 350 g/mol. The van der Waals surface area contributed by atoms with Crippen LogP contribution in [0.3, 0.4) is 0 Å². The molecule has 6 nitrogen and oxygen atoms in total. The van der Waals surface area contributed by atoms with Crippen LogP contribution in [0, 0.1) is 0 Å². The molecule has 0 fully saturated rings. The molecule has 0 aliphatic carbocycles. The lowest BCUT2D eigenvalue weighted by molar-refractivity contribution is 0.0600. The van der Waals surface area contributed by atoms with E-state index in [1.54, 1.807) is 36.4 Å². The first-order chi connectivity index (χ1) is 11.4. The Labute approximate surface area is 140 Å². The summed E-state index contributed by atoms with van der Waals surface area (Å²) in [5, 5.41) is 0. The van der Waals surface area contributed by atoms with Crippen molar-refractivity contribution < 1.29 is 27.4 Å². The second kappa shape index (κ2) is 7.83. The Hall–Kier alpha value is -2.54. The zero-order valence-corrected chi connectivity index (χ0v) is 14.2. The predicted molar refractivity (Wildman–Crippen MR) is 88.3 cm³/mol. The first-order valence-electron chi connectivity index (χ1n) is 7.14. The Morgan fingerprint density at radius 3 is 2.17 bits per heavy atom. The molecule has 0 heterocycles. The van der Waals surface area contributed by atoms with Gasteiger partial charge in [0, 0.05) is 6.26 Å². The van der Waals surface area contributed by atoms with Crippen LogP contribution in [-0.4, -0.2) is 41.0 Å². The average Bonchev–Trinajstić information content (AvgIpc) is 2.58. The number of benzene rings is 2. The van der Waals surface area contributed by atoms with Gasteiger partial charge in [0.15, 0.2) is 9.84 Å². The van der Waals surface area contributed by atoms with Crippen molar-refractivity contribution in [1.82, 2.24) is 0 Å². The molecule has 0 atom stereocenters. The second-order valence-electron chi connectivity index (χ2n) is 4.96. The van der Waals surface area contributed by atoms with Crippen LogP contribution in [0.4, 0.5) is 0 Å². The molecule has 2 rings (SSSR count). The Kier molecular flexibility index (Phi) is 5.81. The molecule has 0 aliphatic rings. The third-order valence-corrected chi connectivity index (χ3v) is 4.24. The largest absolute Gasteiger partial charge is 0.490 e. The number of methoxy groups -OCH3 is 1. The van der Waals surface area contributed by atoms with E-state index in [2.05, 4.69) is 4.74 Å². The number of carbonyl (C=O) groups excluding carboxylic acids is 1. The normalized spacial score (nSPS) is 10.9. The highest BCUT2D eigenvalue weighted by Gasteiger charge is 2.08. The minimum Gasteiger partial charge on any atom is -0.490 e. The van der Waals surface area contributed by atoms with Crippen molar-refractivity contribution in [1.29, 1.82) is 0 Å². The SMILES string of the molecule is COC(=O)c1ccc(OCCOc2cccc(S(C)(=O)=O)c2)cc1. The predicted octanol–water partition coefficient (Wildman–Crippen LogP) is 2.33. The van der Waals surface area contributed by atoms with Crippen LogP contribution in [0.5, 0.6) is 11.5 Å². The van der Waals surface area contributed by atoms with Crippen LogP contribution in [0.25, 0.3) is 0 Å². The number of hydrogen-bond acceptors (Lipinski definition) is 6. The highest BCUT2D eigenvalue weighted by Crippen LogP contribution is 2.17. The molecule has 0 radical (unpaired) electrons. The number of rotatable bonds is 7. The summed E-state index contributed by atoms with van der Waals surface area (Å²) in [4.78, 5) is 11.5. The second-order valence-corrected chi connectivity index (χ2v) is 6.98. The van der Waals surface area contributed by atoms with Gasteiger partial charge in [0.05, 0.1) is 17.6 Å². The molecular weight excluding hydrogens is 332 g/mol. The van der Waals surface area contributed by atoms with Gasteiger partial charge in [0.25, 0.3) is 0 Å². The molecule has 0 N–H and O–H groups in total. The van der Waals surface area contributed by atoms with Crippen molar-refractivity contribution in [2.24, 2.45) is 0 Å².